The van der Waals surface area contributed by atoms with Gasteiger partial charge in [0.25, 0.3) is 0 Å². The van der Waals surface area contributed by atoms with Gasteiger partial charge in [0.05, 0.1) is 0 Å². The van der Waals surface area contributed by atoms with Gasteiger partial charge >= 0.3 is 0 Å². The highest BCUT2D eigenvalue weighted by Gasteiger charge is 2.31. The molecule has 1 atom stereocenters. The number of carbonyl (C=O) groups is 1. The Labute approximate surface area is 127 Å². The smallest absolute Gasteiger partial charge is 0.250 e. The summed E-state index contributed by atoms with van der Waals surface area (Å²) in [6.07, 6.45) is 5.12. The summed E-state index contributed by atoms with van der Waals surface area (Å²) in [6, 6.07) is 8.40. The maximum absolute atomic E-state index is 11.4. The molecular formula is C17H26N2O2. The average Bonchev–Trinajstić information content (AvgIpc) is 2.43. The van der Waals surface area contributed by atoms with Crippen LogP contribution < -0.4 is 10.6 Å². The molecule has 0 aliphatic heterocycles. The second-order valence-corrected chi connectivity index (χ2v) is 6.49. The van der Waals surface area contributed by atoms with Gasteiger partial charge in [-0.15, -0.1) is 0 Å². The first kappa shape index (κ1) is 15.8. The number of nitrogens with one attached hydrogen (secondary N) is 2. The lowest BCUT2D eigenvalue weighted by atomic mass is 9.73. The zero-order chi connectivity index (χ0) is 15.3. The number of hydrogen-bond acceptors (Lipinski definition) is 3. The molecule has 0 bridgehead atoms. The second kappa shape index (κ2) is 6.94. The highest BCUT2D eigenvalue weighted by Crippen LogP contribution is 2.37. The number of hydrogen-bond donors (Lipinski definition) is 2. The van der Waals surface area contributed by atoms with E-state index in [1.54, 1.807) is 0 Å². The van der Waals surface area contributed by atoms with Crippen LogP contribution in [-0.4, -0.2) is 25.7 Å². The van der Waals surface area contributed by atoms with Crippen molar-refractivity contribution in [2.24, 2.45) is 5.41 Å². The Kier molecular flexibility index (Phi) is 5.23. The molecular weight excluding hydrogens is 264 g/mol. The van der Waals surface area contributed by atoms with Crippen molar-refractivity contribution < 1.29 is 9.53 Å². The Morgan fingerprint density at radius 3 is 2.52 bits per heavy atom. The largest absolute Gasteiger partial charge is 0.382 e. The van der Waals surface area contributed by atoms with Crippen molar-refractivity contribution in [3.05, 3.63) is 24.3 Å². The fourth-order valence-corrected chi connectivity index (χ4v) is 2.94. The van der Waals surface area contributed by atoms with Crippen molar-refractivity contribution in [2.75, 3.05) is 24.4 Å². The van der Waals surface area contributed by atoms with Gasteiger partial charge in [-0.1, -0.05) is 26.7 Å². The van der Waals surface area contributed by atoms with Crippen LogP contribution in [0.15, 0.2) is 24.3 Å². The predicted molar refractivity (Wildman–Crippen MR) is 86.6 cm³/mol. The minimum atomic E-state index is -0.133. The molecule has 0 radical (unpaired) electrons. The summed E-state index contributed by atoms with van der Waals surface area (Å²) in [5, 5.41) is 6.44. The van der Waals surface area contributed by atoms with E-state index in [2.05, 4.69) is 24.5 Å². The van der Waals surface area contributed by atoms with Gasteiger partial charge in [0.2, 0.25) is 5.91 Å². The Hall–Kier alpha value is -1.55. The molecule has 4 heteroatoms. The summed E-state index contributed by atoms with van der Waals surface area (Å²) in [4.78, 5) is 11.4. The fourth-order valence-electron chi connectivity index (χ4n) is 2.94. The molecule has 2 N–H and O–H groups in total. The van der Waals surface area contributed by atoms with Gasteiger partial charge in [0.1, 0.15) is 6.61 Å². The highest BCUT2D eigenvalue weighted by molar-refractivity contribution is 5.91. The van der Waals surface area contributed by atoms with Gasteiger partial charge in [-0.25, -0.2) is 0 Å². The lowest BCUT2D eigenvalue weighted by molar-refractivity contribution is -0.119. The van der Waals surface area contributed by atoms with Crippen molar-refractivity contribution in [1.29, 1.82) is 0 Å². The topological polar surface area (TPSA) is 50.4 Å². The van der Waals surface area contributed by atoms with E-state index >= 15 is 0 Å². The van der Waals surface area contributed by atoms with Crippen LogP contribution in [0.25, 0.3) is 0 Å². The van der Waals surface area contributed by atoms with Gasteiger partial charge < -0.3 is 15.4 Å². The van der Waals surface area contributed by atoms with Gasteiger partial charge in [-0.05, 0) is 42.5 Å². The molecule has 1 unspecified atom stereocenters. The van der Waals surface area contributed by atoms with Crippen molar-refractivity contribution >= 4 is 17.3 Å². The molecule has 1 amide bonds. The first-order valence-electron chi connectivity index (χ1n) is 7.67. The lowest BCUT2D eigenvalue weighted by Gasteiger charge is -2.39. The van der Waals surface area contributed by atoms with Crippen molar-refractivity contribution in [3.8, 4) is 0 Å². The van der Waals surface area contributed by atoms with Crippen molar-refractivity contribution in [1.82, 2.24) is 0 Å². The Bertz CT molecular complexity index is 468. The summed E-state index contributed by atoms with van der Waals surface area (Å²) in [5.41, 5.74) is 2.24. The van der Waals surface area contributed by atoms with E-state index in [-0.39, 0.29) is 12.5 Å². The molecule has 1 fully saturated rings. The molecule has 1 aromatic carbocycles. The molecule has 1 aliphatic rings. The van der Waals surface area contributed by atoms with E-state index in [1.165, 1.54) is 32.8 Å². The number of amides is 1. The third-order valence-corrected chi connectivity index (χ3v) is 4.29. The molecule has 0 spiro atoms. The predicted octanol–water partition coefficient (Wildman–Crippen LogP) is 3.65. The first-order valence-corrected chi connectivity index (χ1v) is 7.67. The minimum Gasteiger partial charge on any atom is -0.382 e. The van der Waals surface area contributed by atoms with Gasteiger partial charge in [0, 0.05) is 24.5 Å². The molecule has 0 aromatic heterocycles. The maximum atomic E-state index is 11.4. The van der Waals surface area contributed by atoms with Crippen LogP contribution >= 0.6 is 0 Å². The maximum Gasteiger partial charge on any atom is 0.250 e. The molecule has 21 heavy (non-hydrogen) atoms. The van der Waals surface area contributed by atoms with Gasteiger partial charge in [0.15, 0.2) is 0 Å². The molecule has 0 heterocycles. The van der Waals surface area contributed by atoms with E-state index < -0.39 is 0 Å². The SMILES string of the molecule is COCC(=O)Nc1ccc(NC2CCCCC2(C)C)cc1. The third kappa shape index (κ3) is 4.46. The number of carbonyl (C=O) groups excluding carboxylic acids is 1. The van der Waals surface area contributed by atoms with Crippen LogP contribution in [0.5, 0.6) is 0 Å². The van der Waals surface area contributed by atoms with E-state index in [0.29, 0.717) is 11.5 Å². The second-order valence-electron chi connectivity index (χ2n) is 6.49. The number of benzene rings is 1. The number of methoxy groups -OCH3 is 1. The Balaban J connectivity index is 1.94. The molecule has 1 aliphatic carbocycles. The zero-order valence-electron chi connectivity index (χ0n) is 13.2. The molecule has 2 rings (SSSR count). The summed E-state index contributed by atoms with van der Waals surface area (Å²) in [5.74, 6) is -0.133. The van der Waals surface area contributed by atoms with Crippen molar-refractivity contribution in [3.63, 3.8) is 0 Å². The first-order chi connectivity index (χ1) is 10.0. The van der Waals surface area contributed by atoms with Crippen LogP contribution in [0.4, 0.5) is 11.4 Å². The molecule has 0 saturated heterocycles. The number of anilines is 2. The summed E-state index contributed by atoms with van der Waals surface area (Å²) in [7, 11) is 1.51. The number of rotatable bonds is 5. The van der Waals surface area contributed by atoms with E-state index in [1.807, 2.05) is 24.3 Å². The third-order valence-electron chi connectivity index (χ3n) is 4.29. The minimum absolute atomic E-state index is 0.0796. The van der Waals surface area contributed by atoms with Crippen molar-refractivity contribution in [2.45, 2.75) is 45.6 Å². The monoisotopic (exact) mass is 290 g/mol. The molecule has 1 aromatic rings. The zero-order valence-corrected chi connectivity index (χ0v) is 13.2. The van der Waals surface area contributed by atoms with Crippen LogP contribution in [0.3, 0.4) is 0 Å². The summed E-state index contributed by atoms with van der Waals surface area (Å²) in [6.45, 7) is 4.75. The quantitative estimate of drug-likeness (QED) is 0.870. The van der Waals surface area contributed by atoms with Gasteiger partial charge in [-0.2, -0.15) is 0 Å². The van der Waals surface area contributed by atoms with Crippen LogP contribution in [0, 0.1) is 5.41 Å². The molecule has 4 nitrogen and oxygen atoms in total. The van der Waals surface area contributed by atoms with Gasteiger partial charge in [-0.3, -0.25) is 4.79 Å². The highest BCUT2D eigenvalue weighted by atomic mass is 16.5. The van der Waals surface area contributed by atoms with Crippen LogP contribution in [0.2, 0.25) is 0 Å². The summed E-state index contributed by atoms with van der Waals surface area (Å²) < 4.78 is 4.80. The molecule has 1 saturated carbocycles. The Morgan fingerprint density at radius 2 is 1.90 bits per heavy atom. The Morgan fingerprint density at radius 1 is 1.24 bits per heavy atom. The normalized spacial score (nSPS) is 20.8. The standard InChI is InChI=1S/C17H26N2O2/c1-17(2)11-5-4-6-15(17)18-13-7-9-14(10-8-13)19-16(20)12-21-3/h7-10,15,18H,4-6,11-12H2,1-3H3,(H,19,20). The van der Waals surface area contributed by atoms with E-state index in [4.69, 9.17) is 4.74 Å². The van der Waals surface area contributed by atoms with E-state index in [9.17, 15) is 4.79 Å². The fraction of sp³-hybridized carbons (Fsp3) is 0.588. The number of ether oxygens (including phenoxy) is 1. The van der Waals surface area contributed by atoms with Crippen LogP contribution in [-0.2, 0) is 9.53 Å². The lowest BCUT2D eigenvalue weighted by Crippen LogP contribution is -2.38. The van der Waals surface area contributed by atoms with E-state index in [0.717, 1.165) is 11.4 Å². The van der Waals surface area contributed by atoms with Crippen LogP contribution in [0.1, 0.15) is 39.5 Å². The summed E-state index contributed by atoms with van der Waals surface area (Å²) >= 11 is 0. The average molecular weight is 290 g/mol. The molecule has 116 valence electrons.